The lowest BCUT2D eigenvalue weighted by Crippen LogP contribution is -2.04. The number of hydrogen-bond acceptors (Lipinski definition) is 6. The number of para-hydroxylation sites is 2. The molecule has 0 spiro atoms. The maximum atomic E-state index is 10.7. The predicted molar refractivity (Wildman–Crippen MR) is 308 cm³/mol. The van der Waals surface area contributed by atoms with E-state index in [4.69, 9.17) is 28.1 Å². The van der Waals surface area contributed by atoms with Crippen LogP contribution in [0.5, 0.6) is 0 Å². The number of nitriles is 3. The van der Waals surface area contributed by atoms with Gasteiger partial charge < -0.3 is 9.13 Å². The van der Waals surface area contributed by atoms with Gasteiger partial charge in [0.1, 0.15) is 0 Å². The Morgan fingerprint density at radius 2 is 0.897 bits per heavy atom. The van der Waals surface area contributed by atoms with Crippen LogP contribution in [0.25, 0.3) is 132 Å². The molecular weight excluding hydrogens is 957 g/mol. The highest BCUT2D eigenvalue weighted by Crippen LogP contribution is 2.44. The van der Waals surface area contributed by atoms with E-state index in [1.54, 1.807) is 24.3 Å². The van der Waals surface area contributed by atoms with Crippen LogP contribution in [-0.2, 0) is 0 Å². The third kappa shape index (κ3) is 7.74. The number of hydrogen-bond donors (Lipinski definition) is 0. The second-order valence-electron chi connectivity index (χ2n) is 18.7. The van der Waals surface area contributed by atoms with Crippen LogP contribution in [0.4, 0.5) is 11.4 Å². The maximum absolute atomic E-state index is 10.7. The summed E-state index contributed by atoms with van der Waals surface area (Å²) < 4.78 is 4.47. The minimum atomic E-state index is 0.396. The normalized spacial score (nSPS) is 11.0. The van der Waals surface area contributed by atoms with E-state index in [0.29, 0.717) is 51.1 Å². The average molecular weight is 993 g/mol. The molecule has 10 heteroatoms. The summed E-state index contributed by atoms with van der Waals surface area (Å²) in [5, 5.41) is 34.5. The standard InChI is InChI=1S/C68H36N10/c1-72-49-25-28-51(48(35-49)41-71)46-23-31-63-58(36-46)53-17-9-11-19-61(53)77(63)50-26-29-55(68-75-66(44-13-5-3-6-14-44)74-67(76-68)45-15-7-4-8-16-45)56(38-50)57-33-42(39-69)22-30-64(57)78-62-20-12-10-18-54(62)59-37-47(24-32-65(59)78)52-27-21-43(40-70)34-60(52)73-2/h3-38H. The molecular formula is C68H36N10. The molecule has 0 bridgehead atoms. The van der Waals surface area contributed by atoms with Crippen LogP contribution in [0.3, 0.4) is 0 Å². The van der Waals surface area contributed by atoms with E-state index in [1.165, 1.54) is 0 Å². The lowest BCUT2D eigenvalue weighted by atomic mass is 9.94. The van der Waals surface area contributed by atoms with Crippen LogP contribution in [-0.4, -0.2) is 24.1 Å². The van der Waals surface area contributed by atoms with Crippen molar-refractivity contribution in [3.05, 3.63) is 258 Å². The number of nitrogens with zero attached hydrogens (tertiary/aromatic N) is 10. The van der Waals surface area contributed by atoms with Gasteiger partial charge >= 0.3 is 0 Å². The molecule has 0 N–H and O–H groups in total. The van der Waals surface area contributed by atoms with E-state index in [2.05, 4.69) is 104 Å². The summed E-state index contributed by atoms with van der Waals surface area (Å²) >= 11 is 0. The Hall–Kier alpha value is -11.7. The molecule has 13 rings (SSSR count). The topological polar surface area (TPSA) is 129 Å². The fourth-order valence-corrected chi connectivity index (χ4v) is 10.7. The Labute approximate surface area is 447 Å². The van der Waals surface area contributed by atoms with Crippen molar-refractivity contribution in [3.8, 4) is 97.1 Å². The first kappa shape index (κ1) is 46.1. The molecule has 0 amide bonds. The second kappa shape index (κ2) is 18.9. The lowest BCUT2D eigenvalue weighted by molar-refractivity contribution is 1.07. The molecule has 0 saturated heterocycles. The number of benzene rings is 10. The Morgan fingerprint density at radius 3 is 1.53 bits per heavy atom. The minimum absolute atomic E-state index is 0.396. The minimum Gasteiger partial charge on any atom is -0.309 e. The van der Waals surface area contributed by atoms with Crippen LogP contribution in [0.15, 0.2) is 218 Å². The molecule has 0 aliphatic carbocycles. The Balaban J connectivity index is 1.09. The first-order valence-corrected chi connectivity index (χ1v) is 24.9. The largest absolute Gasteiger partial charge is 0.309 e. The van der Waals surface area contributed by atoms with Gasteiger partial charge in [-0.05, 0) is 119 Å². The maximum Gasteiger partial charge on any atom is 0.196 e. The average Bonchev–Trinajstić information content (AvgIpc) is 4.25. The molecule has 0 aliphatic rings. The van der Waals surface area contributed by atoms with Crippen LogP contribution in [0, 0.1) is 47.1 Å². The first-order valence-electron chi connectivity index (χ1n) is 24.9. The molecule has 13 aromatic rings. The number of fused-ring (bicyclic) bond motifs is 6. The lowest BCUT2D eigenvalue weighted by Gasteiger charge is -2.19. The van der Waals surface area contributed by atoms with Crippen molar-refractivity contribution in [2.75, 3.05) is 0 Å². The van der Waals surface area contributed by atoms with Crippen LogP contribution >= 0.6 is 0 Å². The van der Waals surface area contributed by atoms with Gasteiger partial charge in [0.2, 0.25) is 0 Å². The Bertz CT molecular complexity index is 4800. The number of aromatic nitrogens is 5. The highest BCUT2D eigenvalue weighted by molar-refractivity contribution is 6.13. The zero-order chi connectivity index (χ0) is 52.9. The van der Waals surface area contributed by atoms with Crippen LogP contribution in [0.1, 0.15) is 16.7 Å². The van der Waals surface area contributed by atoms with E-state index in [9.17, 15) is 15.8 Å². The Kier molecular flexibility index (Phi) is 11.2. The fourth-order valence-electron chi connectivity index (χ4n) is 10.7. The third-order valence-electron chi connectivity index (χ3n) is 14.3. The van der Waals surface area contributed by atoms with Crippen LogP contribution < -0.4 is 0 Å². The van der Waals surface area contributed by atoms with E-state index in [-0.39, 0.29) is 0 Å². The molecule has 10 nitrogen and oxygen atoms in total. The van der Waals surface area contributed by atoms with Crippen LogP contribution in [0.2, 0.25) is 0 Å². The quantitative estimate of drug-likeness (QED) is 0.139. The predicted octanol–water partition coefficient (Wildman–Crippen LogP) is 16.8. The summed E-state index contributed by atoms with van der Waals surface area (Å²) in [6.07, 6.45) is 0. The molecule has 78 heavy (non-hydrogen) atoms. The zero-order valence-corrected chi connectivity index (χ0v) is 41.3. The van der Waals surface area contributed by atoms with Gasteiger partial charge in [0.25, 0.3) is 0 Å². The smallest absolute Gasteiger partial charge is 0.196 e. The summed E-state index contributed by atoms with van der Waals surface area (Å²) in [7, 11) is 0. The SMILES string of the molecule is [C-]#[N+]c1ccc(-c2ccc3c(c2)c2ccccc2n3-c2ccc(-c3nc(-c4ccccc4)nc(-c4ccccc4)n3)c(-c3cc(C#N)ccc3-n3c4ccccc4c4cc(-c5ccc(C#N)cc5[N+]#[C-])ccc43)c2)c(C#N)c1. The summed E-state index contributed by atoms with van der Waals surface area (Å²) in [5.74, 6) is 1.44. The van der Waals surface area contributed by atoms with Crippen molar-refractivity contribution in [1.29, 1.82) is 15.8 Å². The molecule has 0 saturated carbocycles. The number of rotatable bonds is 8. The van der Waals surface area contributed by atoms with E-state index >= 15 is 0 Å². The van der Waals surface area contributed by atoms with E-state index < -0.39 is 0 Å². The summed E-state index contributed by atoms with van der Waals surface area (Å²) in [4.78, 5) is 22.9. The van der Waals surface area contributed by atoms with Crippen molar-refractivity contribution in [2.45, 2.75) is 0 Å². The Morgan fingerprint density at radius 1 is 0.359 bits per heavy atom. The molecule has 0 aliphatic heterocycles. The first-order chi connectivity index (χ1) is 38.4. The van der Waals surface area contributed by atoms with Gasteiger partial charge in [-0.25, -0.2) is 24.6 Å². The molecule has 358 valence electrons. The van der Waals surface area contributed by atoms with Crippen molar-refractivity contribution >= 4 is 55.0 Å². The van der Waals surface area contributed by atoms with Gasteiger partial charge in [-0.3, -0.25) is 0 Å². The third-order valence-corrected chi connectivity index (χ3v) is 14.3. The van der Waals surface area contributed by atoms with Gasteiger partial charge in [-0.15, -0.1) is 0 Å². The van der Waals surface area contributed by atoms with Crippen molar-refractivity contribution < 1.29 is 0 Å². The van der Waals surface area contributed by atoms with Gasteiger partial charge in [-0.2, -0.15) is 15.8 Å². The molecule has 0 radical (unpaired) electrons. The summed E-state index contributed by atoms with van der Waals surface area (Å²) in [5.41, 5.74) is 14.5. The highest BCUT2D eigenvalue weighted by Gasteiger charge is 2.24. The van der Waals surface area contributed by atoms with Gasteiger partial charge in [0, 0.05) is 60.6 Å². The molecule has 3 heterocycles. The molecule has 3 aromatic heterocycles. The summed E-state index contributed by atoms with van der Waals surface area (Å²) in [6, 6.07) is 78.0. The highest BCUT2D eigenvalue weighted by atomic mass is 15.0. The zero-order valence-electron chi connectivity index (χ0n) is 41.3. The van der Waals surface area contributed by atoms with Crippen molar-refractivity contribution in [3.63, 3.8) is 0 Å². The monoisotopic (exact) mass is 992 g/mol. The second-order valence-corrected chi connectivity index (χ2v) is 18.7. The van der Waals surface area contributed by atoms with E-state index in [1.807, 2.05) is 127 Å². The summed E-state index contributed by atoms with van der Waals surface area (Å²) in [6.45, 7) is 15.6. The molecule has 10 aromatic carbocycles. The molecule has 0 atom stereocenters. The molecule has 0 fully saturated rings. The van der Waals surface area contributed by atoms with Gasteiger partial charge in [-0.1, -0.05) is 127 Å². The van der Waals surface area contributed by atoms with Crippen molar-refractivity contribution in [2.24, 2.45) is 0 Å². The van der Waals surface area contributed by atoms with E-state index in [0.717, 1.165) is 99.5 Å². The van der Waals surface area contributed by atoms with Gasteiger partial charge in [0.05, 0.1) is 64.7 Å². The van der Waals surface area contributed by atoms with Crippen molar-refractivity contribution in [1.82, 2.24) is 24.1 Å². The molecule has 0 unspecified atom stereocenters. The fraction of sp³-hybridized carbons (Fsp3) is 0. The van der Waals surface area contributed by atoms with Gasteiger partial charge in [0.15, 0.2) is 28.8 Å².